The number of halogens is 1. The molecule has 3 aromatic rings. The fourth-order valence-corrected chi connectivity index (χ4v) is 3.62. The third-order valence-corrected chi connectivity index (χ3v) is 5.10. The lowest BCUT2D eigenvalue weighted by molar-refractivity contribution is 0.0920. The average Bonchev–Trinajstić information content (AvgIpc) is 3.14. The third-order valence-electron chi connectivity index (χ3n) is 4.79. The van der Waals surface area contributed by atoms with Crippen LogP contribution in [0.15, 0.2) is 42.6 Å². The summed E-state index contributed by atoms with van der Waals surface area (Å²) in [5, 5.41) is 3.67. The van der Waals surface area contributed by atoms with E-state index in [9.17, 15) is 4.79 Å². The number of rotatable bonds is 4. The van der Waals surface area contributed by atoms with E-state index >= 15 is 0 Å². The number of aromatic nitrogens is 2. The van der Waals surface area contributed by atoms with Gasteiger partial charge in [-0.2, -0.15) is 0 Å². The molecule has 1 aromatic heterocycles. The van der Waals surface area contributed by atoms with Gasteiger partial charge in [-0.25, -0.2) is 4.98 Å². The average molecular weight is 398 g/mol. The second-order valence-corrected chi connectivity index (χ2v) is 7.05. The number of methoxy groups -OCH3 is 1. The second kappa shape index (κ2) is 7.56. The number of imidazole rings is 1. The van der Waals surface area contributed by atoms with E-state index in [1.165, 1.54) is 0 Å². The first-order valence-electron chi connectivity index (χ1n) is 8.98. The minimum atomic E-state index is -0.189. The van der Waals surface area contributed by atoms with Crippen LogP contribution in [0.5, 0.6) is 11.5 Å². The summed E-state index contributed by atoms with van der Waals surface area (Å²) >= 11 is 6.44. The molecule has 0 aliphatic carbocycles. The zero-order valence-corrected chi connectivity index (χ0v) is 16.3. The van der Waals surface area contributed by atoms with Gasteiger partial charge in [-0.3, -0.25) is 4.79 Å². The molecule has 0 bridgehead atoms. The van der Waals surface area contributed by atoms with Crippen LogP contribution >= 0.6 is 11.6 Å². The van der Waals surface area contributed by atoms with Crippen LogP contribution in [0.4, 0.5) is 0 Å². The van der Waals surface area contributed by atoms with Crippen molar-refractivity contribution in [3.05, 3.63) is 64.7 Å². The van der Waals surface area contributed by atoms with Gasteiger partial charge in [0.2, 0.25) is 0 Å². The second-order valence-electron chi connectivity index (χ2n) is 6.64. The van der Waals surface area contributed by atoms with Crippen molar-refractivity contribution in [2.45, 2.75) is 19.4 Å². The standard InChI is InChI=1S/C21H20ClN3O3/c1-12-23-11-19(24-12)21(26)25-18-7-8-28-20-6-3-13(9-16(18)20)15-5-4-14(27-2)10-17(15)22/h3-6,9-11,18H,7-8H2,1-2H3,(H,23,24)(H,25,26). The highest BCUT2D eigenvalue weighted by atomic mass is 35.5. The normalized spacial score (nSPS) is 15.5. The molecule has 0 radical (unpaired) electrons. The highest BCUT2D eigenvalue weighted by molar-refractivity contribution is 6.33. The highest BCUT2D eigenvalue weighted by Gasteiger charge is 2.25. The van der Waals surface area contributed by atoms with Crippen molar-refractivity contribution >= 4 is 17.5 Å². The van der Waals surface area contributed by atoms with Gasteiger partial charge in [-0.15, -0.1) is 0 Å². The molecule has 0 saturated heterocycles. The molecule has 28 heavy (non-hydrogen) atoms. The van der Waals surface area contributed by atoms with Gasteiger partial charge in [0, 0.05) is 17.5 Å². The lowest BCUT2D eigenvalue weighted by Gasteiger charge is -2.27. The maximum absolute atomic E-state index is 12.6. The van der Waals surface area contributed by atoms with Gasteiger partial charge in [0.05, 0.1) is 31.0 Å². The number of H-pyrrole nitrogens is 1. The van der Waals surface area contributed by atoms with Crippen LogP contribution in [-0.4, -0.2) is 29.6 Å². The van der Waals surface area contributed by atoms with Gasteiger partial charge in [-0.05, 0) is 42.8 Å². The first-order valence-corrected chi connectivity index (χ1v) is 9.36. The van der Waals surface area contributed by atoms with E-state index in [2.05, 4.69) is 15.3 Å². The SMILES string of the molecule is COc1ccc(-c2ccc3c(c2)C(NC(=O)c2cnc(C)[nH]2)CCO3)c(Cl)c1. The summed E-state index contributed by atoms with van der Waals surface area (Å²) < 4.78 is 11.0. The molecule has 0 saturated carbocycles. The highest BCUT2D eigenvalue weighted by Crippen LogP contribution is 2.38. The number of amides is 1. The molecular formula is C21H20ClN3O3. The van der Waals surface area contributed by atoms with E-state index in [1.807, 2.05) is 37.3 Å². The Kier molecular flexibility index (Phi) is 4.96. The summed E-state index contributed by atoms with van der Waals surface area (Å²) in [6, 6.07) is 11.3. The van der Waals surface area contributed by atoms with Gasteiger partial charge in [0.15, 0.2) is 0 Å². The molecule has 1 amide bonds. The molecule has 0 fully saturated rings. The van der Waals surface area contributed by atoms with Crippen LogP contribution in [0, 0.1) is 6.92 Å². The summed E-state index contributed by atoms with van der Waals surface area (Å²) in [5.41, 5.74) is 3.22. The van der Waals surface area contributed by atoms with Gasteiger partial charge in [0.25, 0.3) is 5.91 Å². The molecule has 2 heterocycles. The fourth-order valence-electron chi connectivity index (χ4n) is 3.34. The minimum absolute atomic E-state index is 0.156. The summed E-state index contributed by atoms with van der Waals surface area (Å²) in [4.78, 5) is 19.6. The number of nitrogens with zero attached hydrogens (tertiary/aromatic N) is 1. The van der Waals surface area contributed by atoms with Gasteiger partial charge < -0.3 is 19.8 Å². The summed E-state index contributed by atoms with van der Waals surface area (Å²) in [6.07, 6.45) is 2.23. The Bertz CT molecular complexity index is 1030. The van der Waals surface area contributed by atoms with Crippen LogP contribution in [0.3, 0.4) is 0 Å². The number of hydrogen-bond acceptors (Lipinski definition) is 4. The molecule has 6 nitrogen and oxygen atoms in total. The van der Waals surface area contributed by atoms with Gasteiger partial charge in [-0.1, -0.05) is 17.7 Å². The van der Waals surface area contributed by atoms with E-state index in [1.54, 1.807) is 19.4 Å². The third kappa shape index (κ3) is 3.55. The Morgan fingerprint density at radius 3 is 2.89 bits per heavy atom. The van der Waals surface area contributed by atoms with Crippen molar-refractivity contribution in [1.29, 1.82) is 0 Å². The number of hydrogen-bond donors (Lipinski definition) is 2. The first-order chi connectivity index (χ1) is 13.5. The number of carbonyl (C=O) groups is 1. The number of carbonyl (C=O) groups excluding carboxylic acids is 1. The van der Waals surface area contributed by atoms with Crippen molar-refractivity contribution in [2.24, 2.45) is 0 Å². The van der Waals surface area contributed by atoms with Crippen molar-refractivity contribution < 1.29 is 14.3 Å². The Morgan fingerprint density at radius 1 is 1.32 bits per heavy atom. The number of nitrogens with one attached hydrogen (secondary N) is 2. The fraction of sp³-hybridized carbons (Fsp3) is 0.238. The molecule has 1 aliphatic rings. The monoisotopic (exact) mass is 397 g/mol. The Morgan fingerprint density at radius 2 is 2.18 bits per heavy atom. The lowest BCUT2D eigenvalue weighted by atomic mass is 9.95. The summed E-state index contributed by atoms with van der Waals surface area (Å²) in [7, 11) is 1.61. The predicted molar refractivity (Wildman–Crippen MR) is 107 cm³/mol. The molecule has 4 rings (SSSR count). The first kappa shape index (κ1) is 18.4. The van der Waals surface area contributed by atoms with Crippen molar-refractivity contribution in [3.8, 4) is 22.6 Å². The molecule has 2 aromatic carbocycles. The summed E-state index contributed by atoms with van der Waals surface area (Å²) in [5.74, 6) is 1.99. The Balaban J connectivity index is 1.64. The maximum atomic E-state index is 12.6. The Hall–Kier alpha value is -2.99. The molecule has 1 unspecified atom stereocenters. The molecular weight excluding hydrogens is 378 g/mol. The Labute approximate surface area is 167 Å². The molecule has 1 atom stereocenters. The minimum Gasteiger partial charge on any atom is -0.497 e. The van der Waals surface area contributed by atoms with Gasteiger partial charge >= 0.3 is 0 Å². The van der Waals surface area contributed by atoms with Crippen LogP contribution in [-0.2, 0) is 0 Å². The topological polar surface area (TPSA) is 76.2 Å². The largest absolute Gasteiger partial charge is 0.497 e. The van der Waals surface area contributed by atoms with E-state index < -0.39 is 0 Å². The van der Waals surface area contributed by atoms with Crippen LogP contribution in [0.1, 0.15) is 34.3 Å². The quantitative estimate of drug-likeness (QED) is 0.688. The van der Waals surface area contributed by atoms with Crippen molar-refractivity contribution in [3.63, 3.8) is 0 Å². The number of benzene rings is 2. The number of ether oxygens (including phenoxy) is 2. The zero-order chi connectivity index (χ0) is 19.7. The van der Waals surface area contributed by atoms with E-state index in [-0.39, 0.29) is 11.9 Å². The lowest BCUT2D eigenvalue weighted by Crippen LogP contribution is -2.32. The van der Waals surface area contributed by atoms with E-state index in [0.717, 1.165) is 22.4 Å². The zero-order valence-electron chi connectivity index (χ0n) is 15.6. The predicted octanol–water partition coefficient (Wildman–Crippen LogP) is 4.30. The molecule has 144 valence electrons. The number of aryl methyl sites for hydroxylation is 1. The van der Waals surface area contributed by atoms with Crippen LogP contribution in [0.25, 0.3) is 11.1 Å². The van der Waals surface area contributed by atoms with E-state index in [0.29, 0.717) is 35.3 Å². The molecule has 0 spiro atoms. The van der Waals surface area contributed by atoms with Gasteiger partial charge in [0.1, 0.15) is 23.0 Å². The maximum Gasteiger partial charge on any atom is 0.269 e. The van der Waals surface area contributed by atoms with Crippen LogP contribution in [0.2, 0.25) is 5.02 Å². The van der Waals surface area contributed by atoms with Crippen molar-refractivity contribution in [1.82, 2.24) is 15.3 Å². The smallest absolute Gasteiger partial charge is 0.269 e. The number of fused-ring (bicyclic) bond motifs is 1. The van der Waals surface area contributed by atoms with Crippen LogP contribution < -0.4 is 14.8 Å². The molecule has 7 heteroatoms. The summed E-state index contributed by atoms with van der Waals surface area (Å²) in [6.45, 7) is 2.36. The van der Waals surface area contributed by atoms with Crippen molar-refractivity contribution in [2.75, 3.05) is 13.7 Å². The van der Waals surface area contributed by atoms with E-state index in [4.69, 9.17) is 21.1 Å². The number of aromatic amines is 1. The molecule has 2 N–H and O–H groups in total. The molecule has 1 aliphatic heterocycles.